The van der Waals surface area contributed by atoms with Gasteiger partial charge in [-0.1, -0.05) is 6.92 Å². The van der Waals surface area contributed by atoms with Crippen molar-refractivity contribution < 1.29 is 0 Å². The third-order valence-corrected chi connectivity index (χ3v) is 4.19. The van der Waals surface area contributed by atoms with Gasteiger partial charge in [0.2, 0.25) is 0 Å². The van der Waals surface area contributed by atoms with Crippen LogP contribution in [0.2, 0.25) is 0 Å². The molecule has 2 aliphatic rings. The highest BCUT2D eigenvalue weighted by atomic mass is 15.2. The predicted molar refractivity (Wildman–Crippen MR) is 81.8 cm³/mol. The Balaban J connectivity index is 1.58. The van der Waals surface area contributed by atoms with Gasteiger partial charge in [-0.25, -0.2) is 9.97 Å². The molecule has 110 valence electrons. The fraction of sp³-hybridized carbons (Fsp3) is 0.733. The van der Waals surface area contributed by atoms with E-state index in [1.165, 1.54) is 51.7 Å². The number of rotatable bonds is 5. The zero-order valence-electron chi connectivity index (χ0n) is 12.3. The predicted octanol–water partition coefficient (Wildman–Crippen LogP) is 2.22. The van der Waals surface area contributed by atoms with Crippen LogP contribution in [0.5, 0.6) is 0 Å². The molecule has 1 aromatic heterocycles. The van der Waals surface area contributed by atoms with Crippen LogP contribution >= 0.6 is 0 Å². The number of hydrogen-bond donors (Lipinski definition) is 2. The van der Waals surface area contributed by atoms with Gasteiger partial charge in [0.1, 0.15) is 17.5 Å². The van der Waals surface area contributed by atoms with Gasteiger partial charge in [-0.05, 0) is 38.6 Å². The van der Waals surface area contributed by atoms with Gasteiger partial charge in [-0.3, -0.25) is 0 Å². The molecule has 0 amide bonds. The second-order valence-corrected chi connectivity index (χ2v) is 6.07. The summed E-state index contributed by atoms with van der Waals surface area (Å²) in [6.07, 6.45) is 6.02. The van der Waals surface area contributed by atoms with Crippen LogP contribution in [-0.2, 0) is 0 Å². The van der Waals surface area contributed by atoms with Crippen LogP contribution in [0.4, 0.5) is 11.6 Å². The van der Waals surface area contributed by atoms with E-state index in [4.69, 9.17) is 5.73 Å². The van der Waals surface area contributed by atoms with E-state index in [0.29, 0.717) is 17.8 Å². The lowest BCUT2D eigenvalue weighted by Gasteiger charge is -2.32. The SMILES string of the molecule is CCCN1CCC(Nc2cc(N)nc(C3CC3)n2)CC1. The van der Waals surface area contributed by atoms with Crippen molar-refractivity contribution in [2.75, 3.05) is 30.7 Å². The van der Waals surface area contributed by atoms with E-state index in [1.54, 1.807) is 0 Å². The van der Waals surface area contributed by atoms with E-state index < -0.39 is 0 Å². The van der Waals surface area contributed by atoms with E-state index in [-0.39, 0.29) is 0 Å². The Bertz CT molecular complexity index is 450. The van der Waals surface area contributed by atoms with Gasteiger partial charge in [0.15, 0.2) is 0 Å². The zero-order valence-corrected chi connectivity index (χ0v) is 12.3. The van der Waals surface area contributed by atoms with Gasteiger partial charge < -0.3 is 16.0 Å². The van der Waals surface area contributed by atoms with Crippen molar-refractivity contribution >= 4 is 11.6 Å². The largest absolute Gasteiger partial charge is 0.384 e. The number of likely N-dealkylation sites (tertiary alicyclic amines) is 1. The van der Waals surface area contributed by atoms with Crippen molar-refractivity contribution in [3.63, 3.8) is 0 Å². The summed E-state index contributed by atoms with van der Waals surface area (Å²) in [6.45, 7) is 5.83. The molecule has 0 unspecified atom stereocenters. The Labute approximate surface area is 121 Å². The van der Waals surface area contributed by atoms with E-state index in [0.717, 1.165) is 11.6 Å². The van der Waals surface area contributed by atoms with Gasteiger partial charge in [0.25, 0.3) is 0 Å². The standard InChI is InChI=1S/C15H25N5/c1-2-7-20-8-5-12(6-9-20)17-14-10-13(16)18-15(19-14)11-3-4-11/h10-12H,2-9H2,1H3,(H3,16,17,18,19). The quantitative estimate of drug-likeness (QED) is 0.862. The summed E-state index contributed by atoms with van der Waals surface area (Å²) >= 11 is 0. The van der Waals surface area contributed by atoms with E-state index in [2.05, 4.69) is 27.1 Å². The smallest absolute Gasteiger partial charge is 0.136 e. The molecular weight excluding hydrogens is 250 g/mol. The zero-order chi connectivity index (χ0) is 13.9. The summed E-state index contributed by atoms with van der Waals surface area (Å²) in [7, 11) is 0. The third kappa shape index (κ3) is 3.39. The number of nitrogen functional groups attached to an aromatic ring is 1. The van der Waals surface area contributed by atoms with Crippen LogP contribution in [0.15, 0.2) is 6.07 Å². The Morgan fingerprint density at radius 2 is 2.00 bits per heavy atom. The number of aromatic nitrogens is 2. The van der Waals surface area contributed by atoms with E-state index >= 15 is 0 Å². The average molecular weight is 275 g/mol. The molecule has 3 N–H and O–H groups in total. The van der Waals surface area contributed by atoms with Gasteiger partial charge in [-0.15, -0.1) is 0 Å². The monoisotopic (exact) mass is 275 g/mol. The fourth-order valence-corrected chi connectivity index (χ4v) is 2.91. The Hall–Kier alpha value is -1.36. The molecule has 2 fully saturated rings. The maximum atomic E-state index is 5.89. The first-order chi connectivity index (χ1) is 9.74. The highest BCUT2D eigenvalue weighted by molar-refractivity contribution is 5.46. The molecule has 1 saturated carbocycles. The number of anilines is 2. The molecule has 1 saturated heterocycles. The van der Waals surface area contributed by atoms with E-state index in [9.17, 15) is 0 Å². The molecule has 2 heterocycles. The van der Waals surface area contributed by atoms with Crippen LogP contribution in [-0.4, -0.2) is 40.5 Å². The highest BCUT2D eigenvalue weighted by Gasteiger charge is 2.27. The molecule has 1 aromatic rings. The number of nitrogens with two attached hydrogens (primary N) is 1. The number of nitrogens with zero attached hydrogens (tertiary/aromatic N) is 3. The first kappa shape index (κ1) is 13.6. The van der Waals surface area contributed by atoms with Crippen molar-refractivity contribution in [2.45, 2.75) is 51.0 Å². The summed E-state index contributed by atoms with van der Waals surface area (Å²) in [4.78, 5) is 11.5. The summed E-state index contributed by atoms with van der Waals surface area (Å²) in [5.41, 5.74) is 5.89. The van der Waals surface area contributed by atoms with E-state index in [1.807, 2.05) is 6.07 Å². The van der Waals surface area contributed by atoms with Crippen LogP contribution in [0.1, 0.15) is 50.8 Å². The van der Waals surface area contributed by atoms with Crippen LogP contribution in [0.25, 0.3) is 0 Å². The van der Waals surface area contributed by atoms with Crippen molar-refractivity contribution in [3.8, 4) is 0 Å². The molecule has 0 atom stereocenters. The Kier molecular flexibility index (Phi) is 4.05. The lowest BCUT2D eigenvalue weighted by atomic mass is 10.0. The van der Waals surface area contributed by atoms with Crippen LogP contribution in [0.3, 0.4) is 0 Å². The molecule has 3 rings (SSSR count). The molecule has 0 spiro atoms. The second kappa shape index (κ2) is 5.95. The van der Waals surface area contributed by atoms with Crippen molar-refractivity contribution in [1.82, 2.24) is 14.9 Å². The van der Waals surface area contributed by atoms with Gasteiger partial charge >= 0.3 is 0 Å². The van der Waals surface area contributed by atoms with Crippen molar-refractivity contribution in [3.05, 3.63) is 11.9 Å². The topological polar surface area (TPSA) is 67.1 Å². The third-order valence-electron chi connectivity index (χ3n) is 4.19. The molecule has 5 nitrogen and oxygen atoms in total. The average Bonchev–Trinajstić information content (AvgIpc) is 3.25. The van der Waals surface area contributed by atoms with Crippen LogP contribution < -0.4 is 11.1 Å². The second-order valence-electron chi connectivity index (χ2n) is 6.07. The number of piperidine rings is 1. The summed E-state index contributed by atoms with van der Waals surface area (Å²) in [5.74, 6) is 2.97. The first-order valence-corrected chi connectivity index (χ1v) is 7.88. The molecule has 0 aromatic carbocycles. The summed E-state index contributed by atoms with van der Waals surface area (Å²) < 4.78 is 0. The molecule has 0 radical (unpaired) electrons. The Morgan fingerprint density at radius 3 is 2.65 bits per heavy atom. The first-order valence-electron chi connectivity index (χ1n) is 7.88. The van der Waals surface area contributed by atoms with Gasteiger partial charge in [0, 0.05) is 31.1 Å². The molecule has 0 bridgehead atoms. The molecule has 5 heteroatoms. The molecular formula is C15H25N5. The lowest BCUT2D eigenvalue weighted by molar-refractivity contribution is 0.219. The lowest BCUT2D eigenvalue weighted by Crippen LogP contribution is -2.39. The Morgan fingerprint density at radius 1 is 1.25 bits per heavy atom. The minimum Gasteiger partial charge on any atom is -0.384 e. The maximum Gasteiger partial charge on any atom is 0.136 e. The van der Waals surface area contributed by atoms with Crippen molar-refractivity contribution in [1.29, 1.82) is 0 Å². The van der Waals surface area contributed by atoms with Gasteiger partial charge in [-0.2, -0.15) is 0 Å². The number of hydrogen-bond acceptors (Lipinski definition) is 5. The normalized spacial score (nSPS) is 21.1. The highest BCUT2D eigenvalue weighted by Crippen LogP contribution is 2.38. The number of nitrogens with one attached hydrogen (secondary N) is 1. The minimum atomic E-state index is 0.518. The molecule has 1 aliphatic heterocycles. The van der Waals surface area contributed by atoms with Crippen molar-refractivity contribution in [2.24, 2.45) is 0 Å². The molecule has 20 heavy (non-hydrogen) atoms. The molecule has 1 aliphatic carbocycles. The summed E-state index contributed by atoms with van der Waals surface area (Å²) in [6, 6.07) is 2.38. The maximum absolute atomic E-state index is 5.89. The minimum absolute atomic E-state index is 0.518. The summed E-state index contributed by atoms with van der Waals surface area (Å²) in [5, 5.41) is 3.55. The van der Waals surface area contributed by atoms with Gasteiger partial charge in [0.05, 0.1) is 0 Å². The fourth-order valence-electron chi connectivity index (χ4n) is 2.91. The van der Waals surface area contributed by atoms with Crippen LogP contribution in [0, 0.1) is 0 Å².